The summed E-state index contributed by atoms with van der Waals surface area (Å²) >= 11 is 6.06. The Morgan fingerprint density at radius 3 is 2.92 bits per heavy atom. The lowest BCUT2D eigenvalue weighted by molar-refractivity contribution is 0.0950. The molecule has 2 aromatic carbocycles. The number of amides is 1. The second kappa shape index (κ2) is 7.41. The fourth-order valence-corrected chi connectivity index (χ4v) is 2.87. The van der Waals surface area contributed by atoms with Crippen LogP contribution in [0, 0.1) is 0 Å². The Morgan fingerprint density at radius 2 is 2.08 bits per heavy atom. The van der Waals surface area contributed by atoms with Gasteiger partial charge < -0.3 is 15.0 Å². The largest absolute Gasteiger partial charge is 0.493 e. The van der Waals surface area contributed by atoms with Gasteiger partial charge in [-0.15, -0.1) is 0 Å². The van der Waals surface area contributed by atoms with Crippen molar-refractivity contribution in [3.8, 4) is 5.75 Å². The molecule has 0 spiro atoms. The molecule has 3 aromatic rings. The highest BCUT2D eigenvalue weighted by atomic mass is 35.5. The number of ether oxygens (including phenoxy) is 1. The Labute approximate surface area is 145 Å². The van der Waals surface area contributed by atoms with Gasteiger partial charge in [-0.1, -0.05) is 23.7 Å². The van der Waals surface area contributed by atoms with E-state index in [0.717, 1.165) is 22.9 Å². The van der Waals surface area contributed by atoms with Crippen LogP contribution in [0.25, 0.3) is 10.9 Å². The van der Waals surface area contributed by atoms with E-state index in [2.05, 4.69) is 10.3 Å². The SMILES string of the molecule is CCOc1ccccc1C(=O)NCCc1c[nH]c2ccc(Cl)cc12. The van der Waals surface area contributed by atoms with Crippen LogP contribution in [-0.4, -0.2) is 24.0 Å². The zero-order chi connectivity index (χ0) is 16.9. The van der Waals surface area contributed by atoms with Crippen LogP contribution in [0.5, 0.6) is 5.75 Å². The highest BCUT2D eigenvalue weighted by Gasteiger charge is 2.11. The van der Waals surface area contributed by atoms with Crippen molar-refractivity contribution in [1.82, 2.24) is 10.3 Å². The Kier molecular flexibility index (Phi) is 5.06. The lowest BCUT2D eigenvalue weighted by Crippen LogP contribution is -2.26. The predicted octanol–water partition coefficient (Wildman–Crippen LogP) is 4.19. The summed E-state index contributed by atoms with van der Waals surface area (Å²) in [6.07, 6.45) is 2.68. The molecule has 0 fully saturated rings. The van der Waals surface area contributed by atoms with Gasteiger partial charge in [-0.2, -0.15) is 0 Å². The number of nitrogens with one attached hydrogen (secondary N) is 2. The van der Waals surface area contributed by atoms with Crippen molar-refractivity contribution in [2.45, 2.75) is 13.3 Å². The van der Waals surface area contributed by atoms with E-state index < -0.39 is 0 Å². The van der Waals surface area contributed by atoms with Crippen LogP contribution < -0.4 is 10.1 Å². The number of aromatic nitrogens is 1. The van der Waals surface area contributed by atoms with Crippen molar-refractivity contribution in [2.24, 2.45) is 0 Å². The summed E-state index contributed by atoms with van der Waals surface area (Å²) in [5.74, 6) is 0.480. The molecule has 0 saturated carbocycles. The van der Waals surface area contributed by atoms with Gasteiger partial charge in [0.15, 0.2) is 0 Å². The molecule has 1 heterocycles. The predicted molar refractivity (Wildman–Crippen MR) is 97.0 cm³/mol. The summed E-state index contributed by atoms with van der Waals surface area (Å²) in [6, 6.07) is 13.0. The zero-order valence-corrected chi connectivity index (χ0v) is 14.2. The Morgan fingerprint density at radius 1 is 1.25 bits per heavy atom. The van der Waals surface area contributed by atoms with E-state index in [1.807, 2.05) is 43.5 Å². The highest BCUT2D eigenvalue weighted by Crippen LogP contribution is 2.22. The molecule has 2 N–H and O–H groups in total. The summed E-state index contributed by atoms with van der Waals surface area (Å²) in [5.41, 5.74) is 2.73. The molecule has 124 valence electrons. The molecule has 24 heavy (non-hydrogen) atoms. The number of hydrogen-bond acceptors (Lipinski definition) is 2. The molecule has 0 radical (unpaired) electrons. The Bertz CT molecular complexity index is 857. The quantitative estimate of drug-likeness (QED) is 0.705. The van der Waals surface area contributed by atoms with E-state index >= 15 is 0 Å². The van der Waals surface area contributed by atoms with E-state index in [0.29, 0.717) is 29.5 Å². The topological polar surface area (TPSA) is 54.1 Å². The molecule has 0 atom stereocenters. The molecule has 1 aromatic heterocycles. The molecule has 0 unspecified atom stereocenters. The summed E-state index contributed by atoms with van der Waals surface area (Å²) in [5, 5.41) is 4.75. The second-order valence-corrected chi connectivity index (χ2v) is 5.88. The maximum Gasteiger partial charge on any atom is 0.255 e. The molecule has 0 aliphatic rings. The molecular weight excluding hydrogens is 324 g/mol. The lowest BCUT2D eigenvalue weighted by atomic mass is 10.1. The minimum absolute atomic E-state index is 0.128. The minimum Gasteiger partial charge on any atom is -0.493 e. The van der Waals surface area contributed by atoms with Crippen LogP contribution >= 0.6 is 11.6 Å². The van der Waals surface area contributed by atoms with Crippen LogP contribution in [0.15, 0.2) is 48.7 Å². The third-order valence-corrected chi connectivity index (χ3v) is 4.08. The first-order valence-electron chi connectivity index (χ1n) is 7.94. The fraction of sp³-hybridized carbons (Fsp3) is 0.211. The Hall–Kier alpha value is -2.46. The number of carbonyl (C=O) groups is 1. The van der Waals surface area contributed by atoms with E-state index in [9.17, 15) is 4.79 Å². The molecule has 0 aliphatic carbocycles. The van der Waals surface area contributed by atoms with Crippen LogP contribution in [0.1, 0.15) is 22.8 Å². The molecule has 1 amide bonds. The fourth-order valence-electron chi connectivity index (χ4n) is 2.70. The number of benzene rings is 2. The first kappa shape index (κ1) is 16.4. The average molecular weight is 343 g/mol. The van der Waals surface area contributed by atoms with Crippen LogP contribution in [0.4, 0.5) is 0 Å². The molecule has 0 bridgehead atoms. The third-order valence-electron chi connectivity index (χ3n) is 3.84. The molecule has 4 nitrogen and oxygen atoms in total. The Balaban J connectivity index is 1.65. The first-order chi connectivity index (χ1) is 11.7. The number of para-hydroxylation sites is 1. The van der Waals surface area contributed by atoms with Gasteiger partial charge in [0.25, 0.3) is 5.91 Å². The normalized spacial score (nSPS) is 10.8. The van der Waals surface area contributed by atoms with Crippen LogP contribution in [0.3, 0.4) is 0 Å². The van der Waals surface area contributed by atoms with E-state index in [-0.39, 0.29) is 5.91 Å². The van der Waals surface area contributed by atoms with Gasteiger partial charge in [0, 0.05) is 28.7 Å². The molecule has 0 aliphatic heterocycles. The van der Waals surface area contributed by atoms with E-state index in [1.54, 1.807) is 12.1 Å². The van der Waals surface area contributed by atoms with Gasteiger partial charge in [-0.25, -0.2) is 0 Å². The van der Waals surface area contributed by atoms with Gasteiger partial charge in [-0.3, -0.25) is 4.79 Å². The van der Waals surface area contributed by atoms with E-state index in [1.165, 1.54) is 0 Å². The minimum atomic E-state index is -0.128. The van der Waals surface area contributed by atoms with Crippen molar-refractivity contribution < 1.29 is 9.53 Å². The van der Waals surface area contributed by atoms with E-state index in [4.69, 9.17) is 16.3 Å². The van der Waals surface area contributed by atoms with Crippen LogP contribution in [-0.2, 0) is 6.42 Å². The van der Waals surface area contributed by atoms with Gasteiger partial charge in [0.2, 0.25) is 0 Å². The summed E-state index contributed by atoms with van der Waals surface area (Å²) in [7, 11) is 0. The monoisotopic (exact) mass is 342 g/mol. The molecule has 3 rings (SSSR count). The number of H-pyrrole nitrogens is 1. The van der Waals surface area contributed by atoms with Gasteiger partial charge >= 0.3 is 0 Å². The number of aromatic amines is 1. The maximum absolute atomic E-state index is 12.4. The van der Waals surface area contributed by atoms with Crippen molar-refractivity contribution >= 4 is 28.4 Å². The third kappa shape index (κ3) is 3.54. The van der Waals surface area contributed by atoms with Crippen molar-refractivity contribution in [3.05, 3.63) is 64.8 Å². The molecule has 5 heteroatoms. The number of rotatable bonds is 6. The zero-order valence-electron chi connectivity index (χ0n) is 13.4. The van der Waals surface area contributed by atoms with Gasteiger partial charge in [0.1, 0.15) is 5.75 Å². The number of hydrogen-bond donors (Lipinski definition) is 2. The van der Waals surface area contributed by atoms with Crippen molar-refractivity contribution in [1.29, 1.82) is 0 Å². The smallest absolute Gasteiger partial charge is 0.255 e. The summed E-state index contributed by atoms with van der Waals surface area (Å²) < 4.78 is 5.50. The lowest BCUT2D eigenvalue weighted by Gasteiger charge is -2.10. The standard InChI is InChI=1S/C19H19ClN2O2/c1-2-24-18-6-4-3-5-15(18)19(23)21-10-9-13-12-22-17-8-7-14(20)11-16(13)17/h3-8,11-12,22H,2,9-10H2,1H3,(H,21,23). The van der Waals surface area contributed by atoms with Gasteiger partial charge in [0.05, 0.1) is 12.2 Å². The number of fused-ring (bicyclic) bond motifs is 1. The summed E-state index contributed by atoms with van der Waals surface area (Å²) in [6.45, 7) is 2.97. The second-order valence-electron chi connectivity index (χ2n) is 5.44. The number of halogens is 1. The van der Waals surface area contributed by atoms with Crippen LogP contribution in [0.2, 0.25) is 5.02 Å². The number of carbonyl (C=O) groups excluding carboxylic acids is 1. The molecule has 0 saturated heterocycles. The molecular formula is C19H19ClN2O2. The highest BCUT2D eigenvalue weighted by molar-refractivity contribution is 6.31. The average Bonchev–Trinajstić information content (AvgIpc) is 2.98. The van der Waals surface area contributed by atoms with Gasteiger partial charge in [-0.05, 0) is 49.2 Å². The maximum atomic E-state index is 12.4. The van der Waals surface area contributed by atoms with Crippen molar-refractivity contribution in [3.63, 3.8) is 0 Å². The summed E-state index contributed by atoms with van der Waals surface area (Å²) in [4.78, 5) is 15.6. The van der Waals surface area contributed by atoms with Crippen molar-refractivity contribution in [2.75, 3.05) is 13.2 Å². The first-order valence-corrected chi connectivity index (χ1v) is 8.32.